The van der Waals surface area contributed by atoms with Crippen molar-refractivity contribution in [3.05, 3.63) is 56.7 Å². The van der Waals surface area contributed by atoms with Gasteiger partial charge in [-0.05, 0) is 57.4 Å². The molecule has 1 N–H and O–H groups in total. The minimum Gasteiger partial charge on any atom is -0.309 e. The van der Waals surface area contributed by atoms with E-state index in [0.717, 1.165) is 24.2 Å². The molecule has 0 unspecified atom stereocenters. The zero-order chi connectivity index (χ0) is 20.8. The van der Waals surface area contributed by atoms with E-state index < -0.39 is 16.1 Å². The van der Waals surface area contributed by atoms with E-state index in [9.17, 15) is 13.2 Å². The van der Waals surface area contributed by atoms with Crippen LogP contribution in [0.4, 0.5) is 0 Å². The Morgan fingerprint density at radius 2 is 1.93 bits per heavy atom. The molecule has 2 aromatic rings. The van der Waals surface area contributed by atoms with E-state index >= 15 is 0 Å². The summed E-state index contributed by atoms with van der Waals surface area (Å²) in [4.78, 5) is 22.8. The molecule has 7 nitrogen and oxygen atoms in total. The number of aromatic amines is 1. The van der Waals surface area contributed by atoms with Crippen molar-refractivity contribution in [1.82, 2.24) is 19.2 Å². The number of H-pyrrole nitrogens is 1. The van der Waals surface area contributed by atoms with Crippen molar-refractivity contribution in [2.45, 2.75) is 56.6 Å². The molecule has 2 aliphatic rings. The maximum atomic E-state index is 13.2. The van der Waals surface area contributed by atoms with Crippen LogP contribution < -0.4 is 5.56 Å². The van der Waals surface area contributed by atoms with Gasteiger partial charge in [0.2, 0.25) is 10.0 Å². The van der Waals surface area contributed by atoms with E-state index in [4.69, 9.17) is 16.6 Å². The van der Waals surface area contributed by atoms with Crippen LogP contribution in [0.15, 0.2) is 34.0 Å². The summed E-state index contributed by atoms with van der Waals surface area (Å²) in [5.41, 5.74) is 1.33. The molecule has 0 spiro atoms. The van der Waals surface area contributed by atoms with Gasteiger partial charge in [-0.1, -0.05) is 11.6 Å². The molecule has 1 aromatic heterocycles. The SMILES string of the molecule is CC(C)N1CCc2c(nc([C@H]3CCCN3S(=O)(=O)c3ccc(Cl)cc3)[nH]c2=O)C1. The lowest BCUT2D eigenvalue weighted by Gasteiger charge is -2.31. The highest BCUT2D eigenvalue weighted by atomic mass is 35.5. The molecule has 1 atom stereocenters. The fourth-order valence-electron chi connectivity index (χ4n) is 4.12. The molecule has 4 rings (SSSR count). The molecule has 0 aliphatic carbocycles. The van der Waals surface area contributed by atoms with Crippen LogP contribution in [0.3, 0.4) is 0 Å². The largest absolute Gasteiger partial charge is 0.309 e. The average Bonchev–Trinajstić information content (AvgIpc) is 3.18. The highest BCUT2D eigenvalue weighted by molar-refractivity contribution is 7.89. The number of aromatic nitrogens is 2. The summed E-state index contributed by atoms with van der Waals surface area (Å²) < 4.78 is 27.8. The average molecular weight is 437 g/mol. The van der Waals surface area contributed by atoms with Gasteiger partial charge >= 0.3 is 0 Å². The van der Waals surface area contributed by atoms with Crippen molar-refractivity contribution in [3.63, 3.8) is 0 Å². The first-order valence-electron chi connectivity index (χ1n) is 9.91. The first kappa shape index (κ1) is 20.5. The quantitative estimate of drug-likeness (QED) is 0.796. The monoisotopic (exact) mass is 436 g/mol. The molecule has 0 amide bonds. The second-order valence-electron chi connectivity index (χ2n) is 7.92. The molecule has 29 heavy (non-hydrogen) atoms. The van der Waals surface area contributed by atoms with Crippen LogP contribution in [0.2, 0.25) is 5.02 Å². The minimum absolute atomic E-state index is 0.149. The van der Waals surface area contributed by atoms with Gasteiger partial charge in [0.25, 0.3) is 5.56 Å². The lowest BCUT2D eigenvalue weighted by Crippen LogP contribution is -2.40. The fourth-order valence-corrected chi connectivity index (χ4v) is 5.91. The lowest BCUT2D eigenvalue weighted by atomic mass is 10.0. The number of benzene rings is 1. The third kappa shape index (κ3) is 3.86. The second-order valence-corrected chi connectivity index (χ2v) is 10.2. The van der Waals surface area contributed by atoms with Gasteiger partial charge in [0, 0.05) is 36.3 Å². The number of fused-ring (bicyclic) bond motifs is 1. The Morgan fingerprint density at radius 3 is 2.62 bits per heavy atom. The first-order chi connectivity index (χ1) is 13.8. The fraction of sp³-hybridized carbons (Fsp3) is 0.500. The molecule has 156 valence electrons. The van der Waals surface area contributed by atoms with Crippen LogP contribution in [-0.4, -0.2) is 46.7 Å². The highest BCUT2D eigenvalue weighted by Crippen LogP contribution is 2.35. The van der Waals surface area contributed by atoms with E-state index in [1.165, 1.54) is 16.4 Å². The Morgan fingerprint density at radius 1 is 1.21 bits per heavy atom. The third-order valence-corrected chi connectivity index (χ3v) is 7.97. The van der Waals surface area contributed by atoms with Crippen LogP contribution in [-0.2, 0) is 23.0 Å². The molecule has 2 aliphatic heterocycles. The van der Waals surface area contributed by atoms with Crippen molar-refractivity contribution in [1.29, 1.82) is 0 Å². The lowest BCUT2D eigenvalue weighted by molar-refractivity contribution is 0.198. The van der Waals surface area contributed by atoms with Gasteiger partial charge in [0.05, 0.1) is 16.6 Å². The normalized spacial score (nSPS) is 20.9. The summed E-state index contributed by atoms with van der Waals surface area (Å²) in [6.45, 7) is 6.08. The van der Waals surface area contributed by atoms with Crippen LogP contribution in [0, 0.1) is 0 Å². The summed E-state index contributed by atoms with van der Waals surface area (Å²) in [6.07, 6.45) is 2.01. The Kier molecular flexibility index (Phi) is 5.54. The third-order valence-electron chi connectivity index (χ3n) is 5.79. The van der Waals surface area contributed by atoms with Crippen molar-refractivity contribution < 1.29 is 8.42 Å². The Labute approximate surface area is 175 Å². The predicted molar refractivity (Wildman–Crippen MR) is 111 cm³/mol. The van der Waals surface area contributed by atoms with E-state index in [1.807, 2.05) is 0 Å². The number of hydrogen-bond acceptors (Lipinski definition) is 5. The van der Waals surface area contributed by atoms with Gasteiger partial charge < -0.3 is 4.98 Å². The van der Waals surface area contributed by atoms with E-state index in [0.29, 0.717) is 42.8 Å². The second kappa shape index (κ2) is 7.83. The van der Waals surface area contributed by atoms with Gasteiger partial charge in [0.15, 0.2) is 0 Å². The molecule has 9 heteroatoms. The summed E-state index contributed by atoms with van der Waals surface area (Å²) in [5, 5.41) is 0.484. The van der Waals surface area contributed by atoms with Gasteiger partial charge in [-0.25, -0.2) is 13.4 Å². The van der Waals surface area contributed by atoms with Crippen molar-refractivity contribution in [2.75, 3.05) is 13.1 Å². The summed E-state index contributed by atoms with van der Waals surface area (Å²) in [6, 6.07) is 6.05. The van der Waals surface area contributed by atoms with Crippen molar-refractivity contribution in [3.8, 4) is 0 Å². The Balaban J connectivity index is 1.69. The minimum atomic E-state index is -3.71. The summed E-state index contributed by atoms with van der Waals surface area (Å²) in [5.74, 6) is 0.439. The summed E-state index contributed by atoms with van der Waals surface area (Å²) >= 11 is 5.90. The van der Waals surface area contributed by atoms with E-state index in [1.54, 1.807) is 12.1 Å². The molecule has 1 saturated heterocycles. The number of sulfonamides is 1. The van der Waals surface area contributed by atoms with Gasteiger partial charge in [-0.15, -0.1) is 0 Å². The standard InChI is InChI=1S/C20H25ClN4O3S/c1-13(2)24-11-9-16-17(12-24)22-19(23-20(16)26)18-4-3-10-25(18)29(27,28)15-7-5-14(21)6-8-15/h5-8,13,18H,3-4,9-12H2,1-2H3,(H,22,23,26)/t18-/m1/s1. The van der Waals surface area contributed by atoms with Gasteiger partial charge in [0.1, 0.15) is 5.82 Å². The Bertz CT molecular complexity index is 1070. The molecule has 3 heterocycles. The molecule has 1 aromatic carbocycles. The number of nitrogens with one attached hydrogen (secondary N) is 1. The number of nitrogens with zero attached hydrogens (tertiary/aromatic N) is 3. The highest BCUT2D eigenvalue weighted by Gasteiger charge is 2.38. The van der Waals surface area contributed by atoms with Gasteiger partial charge in [-0.3, -0.25) is 9.69 Å². The zero-order valence-electron chi connectivity index (χ0n) is 16.6. The molecule has 0 bridgehead atoms. The van der Waals surface area contributed by atoms with Crippen LogP contribution in [0.1, 0.15) is 49.8 Å². The molecule has 1 fully saturated rings. The van der Waals surface area contributed by atoms with Gasteiger partial charge in [-0.2, -0.15) is 4.31 Å². The summed E-state index contributed by atoms with van der Waals surface area (Å²) in [7, 11) is -3.71. The smallest absolute Gasteiger partial charge is 0.254 e. The van der Waals surface area contributed by atoms with Crippen molar-refractivity contribution >= 4 is 21.6 Å². The van der Waals surface area contributed by atoms with Crippen LogP contribution in [0.5, 0.6) is 0 Å². The predicted octanol–water partition coefficient (Wildman–Crippen LogP) is 2.72. The maximum absolute atomic E-state index is 13.2. The molecular formula is C20H25ClN4O3S. The Hall–Kier alpha value is -1.74. The molecular weight excluding hydrogens is 412 g/mol. The van der Waals surface area contributed by atoms with E-state index in [-0.39, 0.29) is 10.5 Å². The number of halogens is 1. The first-order valence-corrected chi connectivity index (χ1v) is 11.7. The van der Waals surface area contributed by atoms with Crippen molar-refractivity contribution in [2.24, 2.45) is 0 Å². The number of hydrogen-bond donors (Lipinski definition) is 1. The van der Waals surface area contributed by atoms with Crippen LogP contribution in [0.25, 0.3) is 0 Å². The maximum Gasteiger partial charge on any atom is 0.254 e. The topological polar surface area (TPSA) is 86.4 Å². The molecule has 0 saturated carbocycles. The van der Waals surface area contributed by atoms with E-state index in [2.05, 4.69) is 23.7 Å². The zero-order valence-corrected chi connectivity index (χ0v) is 18.1. The number of rotatable bonds is 4. The van der Waals surface area contributed by atoms with Crippen LogP contribution >= 0.6 is 11.6 Å². The molecule has 0 radical (unpaired) electrons.